The second-order valence-electron chi connectivity index (χ2n) is 17.6. The molecule has 7 atom stereocenters. The molecular weight excluding hydrogens is 731 g/mol. The predicted octanol–water partition coefficient (Wildman–Crippen LogP) is 10.9. The van der Waals surface area contributed by atoms with Crippen molar-refractivity contribution < 1.29 is 39.8 Å². The van der Waals surface area contributed by atoms with Crippen molar-refractivity contribution in [1.82, 2.24) is 5.32 Å². The normalized spacial score (nSPS) is 20.8. The standard InChI is InChI=1S/C49H95NO8/c1-3-5-7-9-11-13-15-17-19-20-21-22-23-25-27-29-31-33-35-37-39-45(53)50-42(41-57-49-48(56)47(55)46(54)44(40-51)58-49)43(52)38-36-34-32-30-28-26-24-18-16-14-12-10-8-6-4-2/h36,38,42-44,46-49,51-52,54-56H,3-35,37,39-41H2,1-2H3,(H,50,53)/b38-36+. The van der Waals surface area contributed by atoms with Crippen LogP contribution in [0.3, 0.4) is 0 Å². The van der Waals surface area contributed by atoms with Gasteiger partial charge in [0.25, 0.3) is 0 Å². The van der Waals surface area contributed by atoms with E-state index < -0.39 is 49.5 Å². The molecule has 1 aliphatic rings. The van der Waals surface area contributed by atoms with Crippen molar-refractivity contribution in [2.75, 3.05) is 13.2 Å². The van der Waals surface area contributed by atoms with Crippen LogP contribution in [0.4, 0.5) is 0 Å². The lowest BCUT2D eigenvalue weighted by molar-refractivity contribution is -0.302. The van der Waals surface area contributed by atoms with E-state index >= 15 is 0 Å². The van der Waals surface area contributed by atoms with Crippen LogP contribution in [0.15, 0.2) is 12.2 Å². The molecule has 6 N–H and O–H groups in total. The summed E-state index contributed by atoms with van der Waals surface area (Å²) in [4.78, 5) is 13.0. The molecule has 0 spiro atoms. The van der Waals surface area contributed by atoms with E-state index in [2.05, 4.69) is 19.2 Å². The molecule has 7 unspecified atom stereocenters. The van der Waals surface area contributed by atoms with Gasteiger partial charge in [-0.2, -0.15) is 0 Å². The Hall–Kier alpha value is -1.07. The van der Waals surface area contributed by atoms with Crippen LogP contribution in [0, 0.1) is 0 Å². The minimum Gasteiger partial charge on any atom is -0.394 e. The zero-order chi connectivity index (χ0) is 42.3. The Morgan fingerprint density at radius 1 is 0.569 bits per heavy atom. The average Bonchev–Trinajstić information content (AvgIpc) is 3.22. The Balaban J connectivity index is 2.29. The highest BCUT2D eigenvalue weighted by molar-refractivity contribution is 5.76. The number of hydrogen-bond donors (Lipinski definition) is 6. The zero-order valence-corrected chi connectivity index (χ0v) is 37.8. The Labute approximate surface area is 356 Å². The van der Waals surface area contributed by atoms with Crippen LogP contribution in [0.25, 0.3) is 0 Å². The minimum atomic E-state index is -1.56. The number of amides is 1. The summed E-state index contributed by atoms with van der Waals surface area (Å²) in [5.74, 6) is -0.172. The molecule has 1 fully saturated rings. The summed E-state index contributed by atoms with van der Waals surface area (Å²) < 4.78 is 11.2. The highest BCUT2D eigenvalue weighted by Crippen LogP contribution is 2.23. The zero-order valence-electron chi connectivity index (χ0n) is 37.8. The Bertz CT molecular complexity index is 919. The molecule has 0 bridgehead atoms. The fraction of sp³-hybridized carbons (Fsp3) is 0.939. The van der Waals surface area contributed by atoms with Crippen LogP contribution < -0.4 is 5.32 Å². The first-order valence-corrected chi connectivity index (χ1v) is 24.9. The van der Waals surface area contributed by atoms with Crippen molar-refractivity contribution in [2.45, 2.75) is 281 Å². The quantitative estimate of drug-likeness (QED) is 0.0263. The van der Waals surface area contributed by atoms with Crippen LogP contribution in [-0.4, -0.2) is 87.5 Å². The third kappa shape index (κ3) is 30.0. The number of nitrogens with one attached hydrogen (secondary N) is 1. The first kappa shape index (κ1) is 54.9. The summed E-state index contributed by atoms with van der Waals surface area (Å²) in [5, 5.41) is 54.3. The van der Waals surface area contributed by atoms with Gasteiger partial charge in [-0.3, -0.25) is 4.79 Å². The molecular formula is C49H95NO8. The number of carbonyl (C=O) groups is 1. The van der Waals surface area contributed by atoms with Crippen molar-refractivity contribution in [2.24, 2.45) is 0 Å². The highest BCUT2D eigenvalue weighted by Gasteiger charge is 2.44. The minimum absolute atomic E-state index is 0.172. The Morgan fingerprint density at radius 2 is 0.948 bits per heavy atom. The largest absolute Gasteiger partial charge is 0.394 e. The maximum atomic E-state index is 13.0. The van der Waals surface area contributed by atoms with E-state index in [0.29, 0.717) is 6.42 Å². The summed E-state index contributed by atoms with van der Waals surface area (Å²) in [5.41, 5.74) is 0. The summed E-state index contributed by atoms with van der Waals surface area (Å²) in [6, 6.07) is -0.798. The van der Waals surface area contributed by atoms with Gasteiger partial charge in [-0.05, 0) is 19.3 Å². The van der Waals surface area contributed by atoms with Crippen LogP contribution in [0.2, 0.25) is 0 Å². The first-order valence-electron chi connectivity index (χ1n) is 24.9. The summed E-state index contributed by atoms with van der Waals surface area (Å²) in [6.45, 7) is 3.80. The number of unbranched alkanes of at least 4 members (excludes halogenated alkanes) is 32. The molecule has 1 rings (SSSR count). The molecule has 0 saturated carbocycles. The summed E-state index contributed by atoms with van der Waals surface area (Å²) in [7, 11) is 0. The maximum Gasteiger partial charge on any atom is 0.220 e. The fourth-order valence-electron chi connectivity index (χ4n) is 8.10. The van der Waals surface area contributed by atoms with E-state index in [1.165, 1.54) is 180 Å². The molecule has 9 heteroatoms. The van der Waals surface area contributed by atoms with Crippen LogP contribution in [0.5, 0.6) is 0 Å². The first-order chi connectivity index (χ1) is 28.3. The Morgan fingerprint density at radius 3 is 1.34 bits per heavy atom. The fourth-order valence-corrected chi connectivity index (χ4v) is 8.10. The van der Waals surface area contributed by atoms with Gasteiger partial charge in [0, 0.05) is 6.42 Å². The van der Waals surface area contributed by atoms with Gasteiger partial charge in [0.15, 0.2) is 6.29 Å². The monoisotopic (exact) mass is 826 g/mol. The third-order valence-corrected chi connectivity index (χ3v) is 12.1. The molecule has 0 radical (unpaired) electrons. The molecule has 344 valence electrons. The molecule has 1 saturated heterocycles. The van der Waals surface area contributed by atoms with Gasteiger partial charge in [0.1, 0.15) is 24.4 Å². The lowest BCUT2D eigenvalue weighted by Crippen LogP contribution is -2.60. The van der Waals surface area contributed by atoms with E-state index in [0.717, 1.165) is 38.5 Å². The molecule has 9 nitrogen and oxygen atoms in total. The second kappa shape index (κ2) is 40.0. The molecule has 1 amide bonds. The number of allylic oxidation sites excluding steroid dienone is 1. The van der Waals surface area contributed by atoms with E-state index in [-0.39, 0.29) is 12.5 Å². The number of aliphatic hydroxyl groups excluding tert-OH is 5. The molecule has 58 heavy (non-hydrogen) atoms. The third-order valence-electron chi connectivity index (χ3n) is 12.1. The molecule has 0 aromatic heterocycles. The average molecular weight is 826 g/mol. The smallest absolute Gasteiger partial charge is 0.220 e. The molecule has 0 aromatic carbocycles. The number of ether oxygens (including phenoxy) is 2. The van der Waals surface area contributed by atoms with E-state index in [4.69, 9.17) is 9.47 Å². The molecule has 0 aliphatic carbocycles. The van der Waals surface area contributed by atoms with Gasteiger partial charge in [-0.1, -0.05) is 225 Å². The molecule has 1 aliphatic heterocycles. The van der Waals surface area contributed by atoms with Crippen molar-refractivity contribution >= 4 is 5.91 Å². The van der Waals surface area contributed by atoms with Crippen molar-refractivity contribution in [3.05, 3.63) is 12.2 Å². The number of rotatable bonds is 42. The molecule has 0 aromatic rings. The maximum absolute atomic E-state index is 13.0. The number of carbonyl (C=O) groups excluding carboxylic acids is 1. The van der Waals surface area contributed by atoms with Crippen molar-refractivity contribution in [1.29, 1.82) is 0 Å². The van der Waals surface area contributed by atoms with Crippen molar-refractivity contribution in [3.63, 3.8) is 0 Å². The SMILES string of the molecule is CCCCCCCCCCCCCCC/C=C/C(O)C(COC1OC(CO)C(O)C(O)C1O)NC(=O)CCCCCCCCCCCCCCCCCCCCCC. The summed E-state index contributed by atoms with van der Waals surface area (Å²) >= 11 is 0. The number of hydrogen-bond acceptors (Lipinski definition) is 8. The van der Waals surface area contributed by atoms with Crippen LogP contribution in [-0.2, 0) is 14.3 Å². The van der Waals surface area contributed by atoms with Gasteiger partial charge in [-0.15, -0.1) is 0 Å². The Kier molecular flexibility index (Phi) is 37.9. The van der Waals surface area contributed by atoms with E-state index in [9.17, 15) is 30.3 Å². The van der Waals surface area contributed by atoms with Crippen LogP contribution >= 0.6 is 0 Å². The van der Waals surface area contributed by atoms with Gasteiger partial charge in [0.05, 0.1) is 25.4 Å². The van der Waals surface area contributed by atoms with Gasteiger partial charge >= 0.3 is 0 Å². The van der Waals surface area contributed by atoms with Crippen molar-refractivity contribution in [3.8, 4) is 0 Å². The van der Waals surface area contributed by atoms with Gasteiger partial charge in [-0.25, -0.2) is 0 Å². The predicted molar refractivity (Wildman–Crippen MR) is 240 cm³/mol. The van der Waals surface area contributed by atoms with Crippen LogP contribution in [0.1, 0.15) is 239 Å². The second-order valence-corrected chi connectivity index (χ2v) is 17.6. The highest BCUT2D eigenvalue weighted by atomic mass is 16.7. The lowest BCUT2D eigenvalue weighted by atomic mass is 9.99. The number of aliphatic hydroxyl groups is 5. The topological polar surface area (TPSA) is 149 Å². The summed E-state index contributed by atoms with van der Waals surface area (Å²) in [6.07, 6.45) is 39.7. The van der Waals surface area contributed by atoms with E-state index in [1.54, 1.807) is 6.08 Å². The molecule has 1 heterocycles. The van der Waals surface area contributed by atoms with Gasteiger partial charge < -0.3 is 40.3 Å². The lowest BCUT2D eigenvalue weighted by Gasteiger charge is -2.40. The van der Waals surface area contributed by atoms with E-state index in [1.807, 2.05) is 6.08 Å². The van der Waals surface area contributed by atoms with Gasteiger partial charge in [0.2, 0.25) is 5.91 Å².